The average Bonchev–Trinajstić information content (AvgIpc) is 2.99. The third kappa shape index (κ3) is 9.69. The Morgan fingerprint density at radius 2 is 1.41 bits per heavy atom. The molecule has 1 saturated heterocycles. The molecule has 0 N–H and O–H groups in total. The van der Waals surface area contributed by atoms with Gasteiger partial charge in [0.15, 0.2) is 18.3 Å². The van der Waals surface area contributed by atoms with Crippen LogP contribution in [0.1, 0.15) is 89.5 Å². The normalized spacial score (nSPS) is 23.9. The molecule has 0 radical (unpaired) electrons. The summed E-state index contributed by atoms with van der Waals surface area (Å²) >= 11 is 6.64. The molecule has 250 valence electrons. The number of benzene rings is 2. The van der Waals surface area contributed by atoms with Crippen LogP contribution in [0.3, 0.4) is 0 Å². The summed E-state index contributed by atoms with van der Waals surface area (Å²) < 4.78 is 34.4. The number of carbonyl (C=O) groups is 4. The molecule has 1 heterocycles. The smallest absolute Gasteiger partial charge is 0.303 e. The Kier molecular flexibility index (Phi) is 12.1. The van der Waals surface area contributed by atoms with Gasteiger partial charge in [0, 0.05) is 38.1 Å². The lowest BCUT2D eigenvalue weighted by atomic mass is 9.76. The second-order valence-corrected chi connectivity index (χ2v) is 12.9. The Balaban J connectivity index is 1.60. The molecule has 0 aromatic heterocycles. The second-order valence-electron chi connectivity index (χ2n) is 12.5. The summed E-state index contributed by atoms with van der Waals surface area (Å²) in [7, 11) is 0. The monoisotopic (exact) mass is 658 g/mol. The molecule has 2 aromatic rings. The van der Waals surface area contributed by atoms with Crippen LogP contribution in [0.15, 0.2) is 42.5 Å². The maximum absolute atomic E-state index is 12.3. The number of halogens is 1. The van der Waals surface area contributed by atoms with Crippen molar-refractivity contribution in [2.45, 2.75) is 104 Å². The summed E-state index contributed by atoms with van der Waals surface area (Å²) in [6.07, 6.45) is 0.908. The van der Waals surface area contributed by atoms with Crippen molar-refractivity contribution in [2.75, 3.05) is 13.2 Å². The standard InChI is InChI=1S/C35H43ClO10/c1-21(37)41-19-30-32(43-22(2)38)34(45-24(4)40)33(44-23(3)39)31(46-30)26-11-14-29(36)27(18-26)17-25-9-12-28(13-10-25)42-20-35(5)15-7-6-8-16-35/h9-14,18,30-34H,6-8,15-17,19-20H2,1-5H3/t30-,31+,32-,33+,34+/m1/s1. The molecule has 0 spiro atoms. The molecule has 46 heavy (non-hydrogen) atoms. The number of hydrogen-bond donors (Lipinski definition) is 0. The van der Waals surface area contributed by atoms with Gasteiger partial charge in [-0.05, 0) is 54.2 Å². The first-order valence-corrected chi connectivity index (χ1v) is 16.0. The Bertz CT molecular complexity index is 1380. The Morgan fingerprint density at radius 1 is 0.804 bits per heavy atom. The van der Waals surface area contributed by atoms with Crippen LogP contribution in [0.25, 0.3) is 0 Å². The van der Waals surface area contributed by atoms with E-state index in [4.69, 9.17) is 40.0 Å². The van der Waals surface area contributed by atoms with E-state index in [0.717, 1.165) is 16.9 Å². The van der Waals surface area contributed by atoms with Gasteiger partial charge in [0.2, 0.25) is 0 Å². The number of carbonyl (C=O) groups excluding carboxylic acids is 4. The lowest BCUT2D eigenvalue weighted by molar-refractivity contribution is -0.254. The largest absolute Gasteiger partial charge is 0.493 e. The van der Waals surface area contributed by atoms with Gasteiger partial charge >= 0.3 is 23.9 Å². The minimum Gasteiger partial charge on any atom is -0.493 e. The van der Waals surface area contributed by atoms with E-state index in [2.05, 4.69) is 6.92 Å². The van der Waals surface area contributed by atoms with Gasteiger partial charge in [-0.1, -0.05) is 62.1 Å². The van der Waals surface area contributed by atoms with E-state index >= 15 is 0 Å². The molecule has 1 aliphatic heterocycles. The van der Waals surface area contributed by atoms with Crippen LogP contribution in [-0.4, -0.2) is 61.5 Å². The van der Waals surface area contributed by atoms with Crippen LogP contribution in [0.2, 0.25) is 5.02 Å². The van der Waals surface area contributed by atoms with Crippen molar-refractivity contribution in [1.82, 2.24) is 0 Å². The summed E-state index contributed by atoms with van der Waals surface area (Å²) in [4.78, 5) is 48.2. The van der Waals surface area contributed by atoms with Gasteiger partial charge in [-0.2, -0.15) is 0 Å². The van der Waals surface area contributed by atoms with Gasteiger partial charge in [-0.3, -0.25) is 19.2 Å². The molecule has 11 heteroatoms. The summed E-state index contributed by atoms with van der Waals surface area (Å²) in [5, 5.41) is 0.514. The fraction of sp³-hybridized carbons (Fsp3) is 0.543. The van der Waals surface area contributed by atoms with E-state index in [1.165, 1.54) is 59.8 Å². The molecule has 5 atom stereocenters. The van der Waals surface area contributed by atoms with Crippen LogP contribution in [0.4, 0.5) is 0 Å². The number of rotatable bonds is 11. The first-order valence-electron chi connectivity index (χ1n) is 15.6. The topological polar surface area (TPSA) is 124 Å². The van der Waals surface area contributed by atoms with E-state index in [0.29, 0.717) is 23.6 Å². The van der Waals surface area contributed by atoms with E-state index in [9.17, 15) is 19.2 Å². The van der Waals surface area contributed by atoms with Gasteiger partial charge in [0.1, 0.15) is 24.6 Å². The molecular weight excluding hydrogens is 616 g/mol. The summed E-state index contributed by atoms with van der Waals surface area (Å²) in [6.45, 7) is 7.49. The SMILES string of the molecule is CC(=O)OC[C@H]1O[C@@H](c2ccc(Cl)c(Cc3ccc(OCC4(C)CCCCC4)cc3)c2)[C@H](OC(C)=O)[C@@H](OC(C)=O)[C@@H]1OC(C)=O. The molecule has 10 nitrogen and oxygen atoms in total. The molecule has 0 bridgehead atoms. The van der Waals surface area contributed by atoms with Gasteiger partial charge in [-0.15, -0.1) is 0 Å². The van der Waals surface area contributed by atoms with Crippen molar-refractivity contribution in [3.05, 3.63) is 64.2 Å². The third-order valence-corrected chi connectivity index (χ3v) is 8.72. The number of ether oxygens (including phenoxy) is 6. The second kappa shape index (κ2) is 15.8. The zero-order chi connectivity index (χ0) is 33.4. The first-order chi connectivity index (χ1) is 21.8. The van der Waals surface area contributed by atoms with Crippen LogP contribution in [0, 0.1) is 5.41 Å². The van der Waals surface area contributed by atoms with Crippen molar-refractivity contribution in [3.8, 4) is 5.75 Å². The van der Waals surface area contributed by atoms with E-state index in [-0.39, 0.29) is 12.0 Å². The molecular formula is C35H43ClO10. The zero-order valence-electron chi connectivity index (χ0n) is 27.0. The molecule has 4 rings (SSSR count). The lowest BCUT2D eigenvalue weighted by Gasteiger charge is -2.44. The lowest BCUT2D eigenvalue weighted by Crippen LogP contribution is -2.59. The first kappa shape index (κ1) is 35.2. The highest BCUT2D eigenvalue weighted by Gasteiger charge is 2.52. The van der Waals surface area contributed by atoms with Crippen LogP contribution < -0.4 is 4.74 Å². The third-order valence-electron chi connectivity index (χ3n) is 8.36. The number of esters is 4. The van der Waals surface area contributed by atoms with Gasteiger partial charge < -0.3 is 28.4 Å². The fourth-order valence-electron chi connectivity index (χ4n) is 6.13. The minimum absolute atomic E-state index is 0.208. The van der Waals surface area contributed by atoms with Gasteiger partial charge in [-0.25, -0.2) is 0 Å². The van der Waals surface area contributed by atoms with Crippen molar-refractivity contribution >= 4 is 35.5 Å². The quantitative estimate of drug-likeness (QED) is 0.207. The molecule has 2 aromatic carbocycles. The van der Waals surface area contributed by atoms with Crippen LogP contribution in [-0.2, 0) is 49.3 Å². The molecule has 1 saturated carbocycles. The van der Waals surface area contributed by atoms with Crippen LogP contribution >= 0.6 is 11.6 Å². The molecule has 0 unspecified atom stereocenters. The molecule has 0 amide bonds. The van der Waals surface area contributed by atoms with Gasteiger partial charge in [0.25, 0.3) is 0 Å². The van der Waals surface area contributed by atoms with Crippen molar-refractivity contribution < 1.29 is 47.6 Å². The zero-order valence-corrected chi connectivity index (χ0v) is 27.8. The number of hydrogen-bond acceptors (Lipinski definition) is 10. The van der Waals surface area contributed by atoms with E-state index in [1.807, 2.05) is 30.3 Å². The van der Waals surface area contributed by atoms with E-state index in [1.54, 1.807) is 12.1 Å². The highest BCUT2D eigenvalue weighted by Crippen LogP contribution is 2.39. The fourth-order valence-corrected chi connectivity index (χ4v) is 6.32. The predicted molar refractivity (Wildman–Crippen MR) is 168 cm³/mol. The van der Waals surface area contributed by atoms with Crippen molar-refractivity contribution in [3.63, 3.8) is 0 Å². The maximum Gasteiger partial charge on any atom is 0.303 e. The maximum atomic E-state index is 12.3. The predicted octanol–water partition coefficient (Wildman–Crippen LogP) is 6.08. The Labute approximate surface area is 275 Å². The summed E-state index contributed by atoms with van der Waals surface area (Å²) in [5.41, 5.74) is 2.55. The van der Waals surface area contributed by atoms with Crippen molar-refractivity contribution in [2.24, 2.45) is 5.41 Å². The highest BCUT2D eigenvalue weighted by atomic mass is 35.5. The molecule has 1 aliphatic carbocycles. The molecule has 2 aliphatic rings. The Hall–Kier alpha value is -3.63. The highest BCUT2D eigenvalue weighted by molar-refractivity contribution is 6.31. The summed E-state index contributed by atoms with van der Waals surface area (Å²) in [5.74, 6) is -1.81. The van der Waals surface area contributed by atoms with Crippen LogP contribution in [0.5, 0.6) is 5.75 Å². The summed E-state index contributed by atoms with van der Waals surface area (Å²) in [6, 6.07) is 13.2. The van der Waals surface area contributed by atoms with E-state index < -0.39 is 54.4 Å². The van der Waals surface area contributed by atoms with Gasteiger partial charge in [0.05, 0.1) is 6.61 Å². The minimum atomic E-state index is -1.26. The van der Waals surface area contributed by atoms with Crippen molar-refractivity contribution in [1.29, 1.82) is 0 Å². The molecule has 2 fully saturated rings. The average molecular weight is 659 g/mol. The Morgan fingerprint density at radius 3 is 2.02 bits per heavy atom.